The second-order valence-electron chi connectivity index (χ2n) is 4.21. The molecule has 0 spiro atoms. The van der Waals surface area contributed by atoms with Gasteiger partial charge in [-0.2, -0.15) is 0 Å². The number of likely N-dealkylation sites (N-methyl/N-ethyl adjacent to an activating group) is 1. The minimum atomic E-state index is -0.996. The van der Waals surface area contributed by atoms with Gasteiger partial charge in [0.1, 0.15) is 6.04 Å². The third-order valence-corrected chi connectivity index (χ3v) is 2.38. The van der Waals surface area contributed by atoms with Gasteiger partial charge in [0, 0.05) is 0 Å². The molecular weight excluding hydrogens is 196 g/mol. The van der Waals surface area contributed by atoms with Gasteiger partial charge in [-0.3, -0.25) is 9.69 Å². The summed E-state index contributed by atoms with van der Waals surface area (Å²) in [5.41, 5.74) is 0. The molecule has 5 nitrogen and oxygen atoms in total. The van der Waals surface area contributed by atoms with Crippen LogP contribution < -0.4 is 5.32 Å². The first-order chi connectivity index (χ1) is 6.77. The number of nitrogens with zero attached hydrogens (tertiary/aromatic N) is 1. The molecule has 0 fully saturated rings. The van der Waals surface area contributed by atoms with Gasteiger partial charge < -0.3 is 10.4 Å². The van der Waals surface area contributed by atoms with Gasteiger partial charge >= 0.3 is 5.97 Å². The summed E-state index contributed by atoms with van der Waals surface area (Å²) in [6.07, 6.45) is 0. The van der Waals surface area contributed by atoms with Crippen LogP contribution in [-0.4, -0.2) is 48.1 Å². The minimum absolute atomic E-state index is 0.124. The van der Waals surface area contributed by atoms with Crippen LogP contribution in [0.5, 0.6) is 0 Å². The molecule has 0 heterocycles. The highest BCUT2D eigenvalue weighted by atomic mass is 16.4. The lowest BCUT2D eigenvalue weighted by atomic mass is 10.0. The molecule has 0 aliphatic rings. The molecule has 0 aromatic carbocycles. The number of nitrogens with one attached hydrogen (secondary N) is 1. The fourth-order valence-corrected chi connectivity index (χ4v) is 1.02. The summed E-state index contributed by atoms with van der Waals surface area (Å²) in [6, 6.07) is -1.15. The van der Waals surface area contributed by atoms with Crippen molar-refractivity contribution in [3.63, 3.8) is 0 Å². The van der Waals surface area contributed by atoms with E-state index in [2.05, 4.69) is 5.32 Å². The molecule has 0 saturated carbocycles. The number of rotatable bonds is 5. The molecule has 1 amide bonds. The van der Waals surface area contributed by atoms with Crippen LogP contribution in [0.4, 0.5) is 0 Å². The normalized spacial score (nSPS) is 15.1. The maximum Gasteiger partial charge on any atom is 0.326 e. The Morgan fingerprint density at radius 1 is 1.20 bits per heavy atom. The van der Waals surface area contributed by atoms with E-state index in [0.717, 1.165) is 0 Å². The molecule has 2 atom stereocenters. The Bertz CT molecular complexity index is 239. The van der Waals surface area contributed by atoms with Crippen molar-refractivity contribution in [2.24, 2.45) is 5.92 Å². The third kappa shape index (κ3) is 4.29. The number of hydrogen-bond donors (Lipinski definition) is 2. The lowest BCUT2D eigenvalue weighted by molar-refractivity contribution is -0.143. The molecule has 0 radical (unpaired) electrons. The quantitative estimate of drug-likeness (QED) is 0.687. The number of carbonyl (C=O) groups is 2. The maximum atomic E-state index is 11.6. The van der Waals surface area contributed by atoms with E-state index < -0.39 is 12.0 Å². The van der Waals surface area contributed by atoms with Crippen LogP contribution in [0.15, 0.2) is 0 Å². The summed E-state index contributed by atoms with van der Waals surface area (Å²) in [4.78, 5) is 24.2. The van der Waals surface area contributed by atoms with Gasteiger partial charge in [-0.15, -0.1) is 0 Å². The van der Waals surface area contributed by atoms with Gasteiger partial charge in [0.05, 0.1) is 6.04 Å². The first-order valence-electron chi connectivity index (χ1n) is 4.97. The largest absolute Gasteiger partial charge is 0.480 e. The van der Waals surface area contributed by atoms with E-state index in [9.17, 15) is 9.59 Å². The number of carboxylic acids is 1. The zero-order valence-electron chi connectivity index (χ0n) is 9.94. The van der Waals surface area contributed by atoms with Gasteiger partial charge in [-0.1, -0.05) is 13.8 Å². The van der Waals surface area contributed by atoms with Crippen molar-refractivity contribution in [3.8, 4) is 0 Å². The fourth-order valence-electron chi connectivity index (χ4n) is 1.02. The second-order valence-corrected chi connectivity index (χ2v) is 4.21. The van der Waals surface area contributed by atoms with E-state index in [-0.39, 0.29) is 17.9 Å². The lowest BCUT2D eigenvalue weighted by Crippen LogP contribution is -2.50. The van der Waals surface area contributed by atoms with Crippen LogP contribution in [-0.2, 0) is 9.59 Å². The number of amides is 1. The molecule has 0 bridgehead atoms. The summed E-state index contributed by atoms with van der Waals surface area (Å²) in [5.74, 6) is -1.38. The fraction of sp³-hybridized carbons (Fsp3) is 0.800. The van der Waals surface area contributed by atoms with Crippen molar-refractivity contribution >= 4 is 11.9 Å². The molecule has 0 rings (SSSR count). The van der Waals surface area contributed by atoms with Gasteiger partial charge in [-0.05, 0) is 26.9 Å². The first kappa shape index (κ1) is 13.9. The second kappa shape index (κ2) is 5.70. The van der Waals surface area contributed by atoms with Gasteiger partial charge in [0.15, 0.2) is 0 Å². The van der Waals surface area contributed by atoms with Gasteiger partial charge in [0.25, 0.3) is 0 Å². The maximum absolute atomic E-state index is 11.6. The summed E-state index contributed by atoms with van der Waals surface area (Å²) in [6.45, 7) is 5.26. The Morgan fingerprint density at radius 3 is 1.93 bits per heavy atom. The van der Waals surface area contributed by atoms with Crippen molar-refractivity contribution in [2.75, 3.05) is 14.1 Å². The average Bonchev–Trinajstić information content (AvgIpc) is 2.11. The predicted octanol–water partition coefficient (Wildman–Crippen LogP) is 0.162. The predicted molar refractivity (Wildman–Crippen MR) is 57.6 cm³/mol. The molecule has 0 aliphatic carbocycles. The Hall–Kier alpha value is -1.10. The van der Waals surface area contributed by atoms with Crippen LogP contribution >= 0.6 is 0 Å². The molecule has 2 unspecified atom stereocenters. The van der Waals surface area contributed by atoms with E-state index in [1.165, 1.54) is 0 Å². The summed E-state index contributed by atoms with van der Waals surface area (Å²) >= 11 is 0. The number of aliphatic carboxylic acids is 1. The zero-order chi connectivity index (χ0) is 12.2. The highest BCUT2D eigenvalue weighted by molar-refractivity contribution is 5.86. The van der Waals surface area contributed by atoms with Crippen molar-refractivity contribution in [1.29, 1.82) is 0 Å². The Labute approximate surface area is 90.5 Å². The molecule has 0 aliphatic heterocycles. The number of carbonyl (C=O) groups excluding carboxylic acids is 1. The Kier molecular flexibility index (Phi) is 5.28. The molecule has 88 valence electrons. The van der Waals surface area contributed by atoms with Crippen LogP contribution in [0.3, 0.4) is 0 Å². The van der Waals surface area contributed by atoms with E-state index in [4.69, 9.17) is 5.11 Å². The summed E-state index contributed by atoms with van der Waals surface area (Å²) in [5, 5.41) is 11.4. The number of carboxylic acid groups (broad SMARTS) is 1. The smallest absolute Gasteiger partial charge is 0.326 e. The van der Waals surface area contributed by atoms with Crippen LogP contribution in [0, 0.1) is 5.92 Å². The number of hydrogen-bond acceptors (Lipinski definition) is 3. The highest BCUT2D eigenvalue weighted by Crippen LogP contribution is 2.03. The SMILES string of the molecule is CC(C)C(NC(=O)C(C)N(C)C)C(=O)O. The van der Waals surface area contributed by atoms with E-state index in [1.807, 2.05) is 0 Å². The van der Waals surface area contributed by atoms with E-state index in [1.54, 1.807) is 39.8 Å². The van der Waals surface area contributed by atoms with Gasteiger partial charge in [-0.25, -0.2) is 4.79 Å². The lowest BCUT2D eigenvalue weighted by Gasteiger charge is -2.23. The molecule has 0 saturated heterocycles. The molecule has 5 heteroatoms. The van der Waals surface area contributed by atoms with Crippen molar-refractivity contribution in [3.05, 3.63) is 0 Å². The van der Waals surface area contributed by atoms with Crippen molar-refractivity contribution in [2.45, 2.75) is 32.9 Å². The summed E-state index contributed by atoms with van der Waals surface area (Å²) < 4.78 is 0. The molecule has 0 aromatic rings. The minimum Gasteiger partial charge on any atom is -0.480 e. The average molecular weight is 216 g/mol. The van der Waals surface area contributed by atoms with Crippen LogP contribution in [0.25, 0.3) is 0 Å². The molecular formula is C10H20N2O3. The Balaban J connectivity index is 4.43. The third-order valence-electron chi connectivity index (χ3n) is 2.38. The highest BCUT2D eigenvalue weighted by Gasteiger charge is 2.26. The zero-order valence-corrected chi connectivity index (χ0v) is 9.94. The van der Waals surface area contributed by atoms with Crippen LogP contribution in [0.1, 0.15) is 20.8 Å². The van der Waals surface area contributed by atoms with Crippen LogP contribution in [0.2, 0.25) is 0 Å². The summed E-state index contributed by atoms with van der Waals surface area (Å²) in [7, 11) is 3.55. The van der Waals surface area contributed by atoms with E-state index >= 15 is 0 Å². The molecule has 15 heavy (non-hydrogen) atoms. The van der Waals surface area contributed by atoms with E-state index in [0.29, 0.717) is 0 Å². The topological polar surface area (TPSA) is 69.6 Å². The van der Waals surface area contributed by atoms with Crippen molar-refractivity contribution in [1.82, 2.24) is 10.2 Å². The van der Waals surface area contributed by atoms with Gasteiger partial charge in [0.2, 0.25) is 5.91 Å². The van der Waals surface area contributed by atoms with Crippen molar-refractivity contribution < 1.29 is 14.7 Å². The first-order valence-corrected chi connectivity index (χ1v) is 4.97. The molecule has 2 N–H and O–H groups in total. The monoisotopic (exact) mass is 216 g/mol. The Morgan fingerprint density at radius 2 is 1.67 bits per heavy atom. The molecule has 0 aromatic heterocycles. The standard InChI is InChI=1S/C10H20N2O3/c1-6(2)8(10(14)15)11-9(13)7(3)12(4)5/h6-8H,1-5H3,(H,11,13)(H,14,15).